The number of methoxy groups -OCH3 is 2. The first-order valence-electron chi connectivity index (χ1n) is 29.7. The average Bonchev–Trinajstić information content (AvgIpc) is 0.834. The van der Waals surface area contributed by atoms with E-state index in [0.717, 1.165) is 57.6 Å². The van der Waals surface area contributed by atoms with Crippen LogP contribution in [0.2, 0.25) is 5.02 Å². The summed E-state index contributed by atoms with van der Waals surface area (Å²) in [5.74, 6) is -1.78. The van der Waals surface area contributed by atoms with Gasteiger partial charge in [0, 0.05) is 42.2 Å². The maximum absolute atomic E-state index is 12.0. The molecule has 0 atom stereocenters. The van der Waals surface area contributed by atoms with Crippen molar-refractivity contribution in [1.29, 1.82) is 5.26 Å². The molecule has 552 valence electrons. The zero-order valence-electron chi connectivity index (χ0n) is 56.0. The summed E-state index contributed by atoms with van der Waals surface area (Å²) in [5, 5.41) is 183. The summed E-state index contributed by atoms with van der Waals surface area (Å²) in [6, 6.07) is 58.3. The van der Waals surface area contributed by atoms with Crippen LogP contribution in [-0.4, -0.2) is 125 Å². The minimum atomic E-state index is -4.73. The Kier molecular flexibility index (Phi) is 33.4. The van der Waals surface area contributed by atoms with Crippen LogP contribution >= 0.6 is 11.6 Å². The molecule has 0 aliphatic heterocycles. The zero-order chi connectivity index (χ0) is 78.8. The number of nitrogen functional groups attached to an aromatic ring is 1. The molecule has 0 unspecified atom stereocenters. The van der Waals surface area contributed by atoms with Crippen LogP contribution in [0.25, 0.3) is 21.5 Å². The summed E-state index contributed by atoms with van der Waals surface area (Å²) in [7, 11) is 6.96. The Morgan fingerprint density at radius 2 is 0.790 bits per heavy atom. The molecule has 0 saturated heterocycles. The molecule has 105 heavy (non-hydrogen) atoms. The van der Waals surface area contributed by atoms with Gasteiger partial charge in [0.1, 0.15) is 114 Å². The molecule has 30 heteroatoms. The van der Waals surface area contributed by atoms with E-state index in [1.165, 1.54) is 98.1 Å². The number of phenolic OH excluding ortho intramolecular Hbond substituents is 18. The fourth-order valence-electron chi connectivity index (χ4n) is 7.95. The van der Waals surface area contributed by atoms with Crippen molar-refractivity contribution < 1.29 is 119 Å². The molecule has 12 aromatic rings. The lowest BCUT2D eigenvalue weighted by molar-refractivity contribution is -0.386. The summed E-state index contributed by atoms with van der Waals surface area (Å²) < 4.78 is 45.5. The minimum absolute atomic E-state index is 0.00231. The van der Waals surface area contributed by atoms with Crippen molar-refractivity contribution in [3.05, 3.63) is 256 Å². The fourth-order valence-corrected chi connectivity index (χ4v) is 8.07. The molecular weight excluding hydrogens is 1400 g/mol. The van der Waals surface area contributed by atoms with Gasteiger partial charge in [0.05, 0.1) is 19.1 Å². The van der Waals surface area contributed by atoms with E-state index in [-0.39, 0.29) is 96.8 Å². The van der Waals surface area contributed by atoms with E-state index in [4.69, 9.17) is 109 Å². The molecule has 12 aromatic carbocycles. The van der Waals surface area contributed by atoms with Crippen LogP contribution in [0.1, 0.15) is 16.7 Å². The number of anilines is 2. The lowest BCUT2D eigenvalue weighted by Crippen LogP contribution is -2.07. The minimum Gasteiger partial charge on any atom is -0.508 e. The Bertz CT molecular complexity index is 4590. The number of nitro benzene ring substituents is 1. The maximum Gasteiger partial charge on any atom is 0.423 e. The molecule has 0 saturated carbocycles. The van der Waals surface area contributed by atoms with Crippen molar-refractivity contribution in [1.82, 2.24) is 0 Å². The predicted molar refractivity (Wildman–Crippen MR) is 387 cm³/mol. The van der Waals surface area contributed by atoms with Crippen LogP contribution < -0.4 is 20.1 Å². The van der Waals surface area contributed by atoms with Crippen molar-refractivity contribution in [2.24, 2.45) is 0 Å². The standard InChI is InChI=1S/C12H13NO.C10H8O2.C7H5F3O2.C7H5NO2.C7H8O3.2C7H8O2.C6H5ClO2.C6H5NO4.C6H7NO2/c1-13(2)10-6-7-11-9(8-10)4-3-5-12(11)14;11-8-4-5-9-7(6-8)2-1-3-10(9)12;8-7(9,10)6-4(11)2-1-3-5(6)12;8-4-5-6(9)2-1-3-7(5)10;1-10-7-5(8)3-2-4-6(7)9;1-9-7-4-2-3-6(8)5-7;1-5-6(8)3-2-4-7(5)9;7-6-4(8)2-1-3-5(6)9;8-4-2-1-3-5(9)6(4)7(10)11;7-6-4(8)2-1-3-5(6)9/h3-8,14H,1-2H3;1-6,11-12H;1-3,11-12H;1-3,9-10H;2-4,8-9H,1H3;2-5,8H,1H3;2-4,8-9H,1H3;1-3,8-9H;1-3,8-9H;1-3,8-9H,7H2. The molecule has 0 aliphatic rings. The van der Waals surface area contributed by atoms with Crippen LogP contribution in [0.3, 0.4) is 0 Å². The van der Waals surface area contributed by atoms with E-state index in [2.05, 4.69) is 10.8 Å². The molecular formula is C75H72ClF3N4O22. The second-order valence-corrected chi connectivity index (χ2v) is 21.3. The van der Waals surface area contributed by atoms with Gasteiger partial charge < -0.3 is 112 Å². The van der Waals surface area contributed by atoms with Gasteiger partial charge in [0.25, 0.3) is 0 Å². The molecule has 0 radical (unpaired) electrons. The number of ether oxygens (including phenoxy) is 2. The fraction of sp³-hybridized carbons (Fsp3) is 0.0800. The largest absolute Gasteiger partial charge is 0.508 e. The first-order chi connectivity index (χ1) is 49.5. The van der Waals surface area contributed by atoms with Gasteiger partial charge in [0.2, 0.25) is 5.75 Å². The third-order valence-corrected chi connectivity index (χ3v) is 13.7. The summed E-state index contributed by atoms with van der Waals surface area (Å²) >= 11 is 5.38. The number of benzene rings is 12. The van der Waals surface area contributed by atoms with Crippen molar-refractivity contribution in [3.63, 3.8) is 0 Å². The molecule has 0 aliphatic carbocycles. The number of fused-ring (bicyclic) bond motifs is 2. The first kappa shape index (κ1) is 85.0. The highest BCUT2D eigenvalue weighted by atomic mass is 35.5. The quantitative estimate of drug-likeness (QED) is 0.0337. The van der Waals surface area contributed by atoms with Gasteiger partial charge >= 0.3 is 11.9 Å². The van der Waals surface area contributed by atoms with Gasteiger partial charge in [-0.25, -0.2) is 0 Å². The zero-order valence-corrected chi connectivity index (χ0v) is 56.7. The Hall–Kier alpha value is -14.3. The van der Waals surface area contributed by atoms with Crippen molar-refractivity contribution in [3.8, 4) is 121 Å². The van der Waals surface area contributed by atoms with Gasteiger partial charge in [-0.15, -0.1) is 0 Å². The smallest absolute Gasteiger partial charge is 0.423 e. The van der Waals surface area contributed by atoms with Gasteiger partial charge in [-0.1, -0.05) is 84.4 Å². The summed E-state index contributed by atoms with van der Waals surface area (Å²) in [4.78, 5) is 11.3. The van der Waals surface area contributed by atoms with E-state index in [1.54, 1.807) is 86.8 Å². The Balaban J connectivity index is 0.000000304. The summed E-state index contributed by atoms with van der Waals surface area (Å²) in [6.07, 6.45) is -4.73. The molecule has 26 nitrogen and oxygen atoms in total. The van der Waals surface area contributed by atoms with Gasteiger partial charge in [-0.05, 0) is 163 Å². The van der Waals surface area contributed by atoms with E-state index < -0.39 is 45.3 Å². The topological polar surface area (TPSA) is 479 Å². The number of nitriles is 1. The third kappa shape index (κ3) is 27.1. The highest BCUT2D eigenvalue weighted by Crippen LogP contribution is 2.42. The number of nitro groups is 1. The average molecular weight is 1470 g/mol. The molecule has 0 aromatic heterocycles. The van der Waals surface area contributed by atoms with Crippen LogP contribution in [0.15, 0.2) is 224 Å². The highest BCUT2D eigenvalue weighted by Gasteiger charge is 2.37. The molecule has 0 spiro atoms. The van der Waals surface area contributed by atoms with Crippen LogP contribution in [0, 0.1) is 28.4 Å². The second kappa shape index (κ2) is 41.3. The first-order valence-corrected chi connectivity index (χ1v) is 30.1. The van der Waals surface area contributed by atoms with E-state index in [0.29, 0.717) is 17.1 Å². The molecule has 0 amide bonds. The molecule has 0 bridgehead atoms. The molecule has 12 rings (SSSR count). The SMILES string of the molecule is CN(C)c1ccc2c(O)cccc2c1.COc1c(O)cccc1O.COc1cccc(O)c1.Cc1c(O)cccc1O.N#Cc1c(O)cccc1O.Nc1c(O)cccc1O.O=[N+]([O-])c1c(O)cccc1O.Oc1ccc2c(O)cccc2c1.Oc1cccc(O)c1C(F)(F)F.Oc1cccc(O)c1Cl. The van der Waals surface area contributed by atoms with Gasteiger partial charge in [-0.2, -0.15) is 18.4 Å². The van der Waals surface area contributed by atoms with Crippen LogP contribution in [0.4, 0.5) is 30.2 Å². The predicted octanol–water partition coefficient (Wildman–Crippen LogP) is 15.3. The number of phenols is 18. The van der Waals surface area contributed by atoms with Gasteiger partial charge in [-0.3, -0.25) is 10.1 Å². The number of nitrogens with zero attached hydrogens (tertiary/aromatic N) is 3. The van der Waals surface area contributed by atoms with Crippen LogP contribution in [-0.2, 0) is 6.18 Å². The molecule has 0 heterocycles. The van der Waals surface area contributed by atoms with Crippen LogP contribution in [0.5, 0.6) is 115 Å². The van der Waals surface area contributed by atoms with Gasteiger partial charge in [0.15, 0.2) is 23.0 Å². The summed E-state index contributed by atoms with van der Waals surface area (Å²) in [6.45, 7) is 1.66. The highest BCUT2D eigenvalue weighted by molar-refractivity contribution is 6.33. The normalized spacial score (nSPS) is 9.79. The Morgan fingerprint density at radius 1 is 0.438 bits per heavy atom. The van der Waals surface area contributed by atoms with E-state index in [9.17, 15) is 33.5 Å². The third-order valence-electron chi connectivity index (χ3n) is 13.3. The summed E-state index contributed by atoms with van der Waals surface area (Å²) in [5.41, 5.74) is 4.74. The van der Waals surface area contributed by atoms with E-state index in [1.807, 2.05) is 49.3 Å². The Labute approximate surface area is 601 Å². The van der Waals surface area contributed by atoms with Crippen molar-refractivity contribution in [2.75, 3.05) is 38.9 Å². The molecule has 0 fully saturated rings. The second-order valence-electron chi connectivity index (χ2n) is 20.9. The maximum atomic E-state index is 12.0. The number of aromatic hydroxyl groups is 18. The monoisotopic (exact) mass is 1470 g/mol. The number of nitrogens with two attached hydrogens (primary N) is 1. The lowest BCUT2D eigenvalue weighted by Gasteiger charge is -2.13. The number of rotatable bonds is 4. The number of hydrogen-bond acceptors (Lipinski definition) is 25. The Morgan fingerprint density at radius 3 is 1.11 bits per heavy atom. The number of hydrogen-bond donors (Lipinski definition) is 19. The lowest BCUT2D eigenvalue weighted by atomic mass is 10.1. The van der Waals surface area contributed by atoms with Crippen molar-refractivity contribution in [2.45, 2.75) is 13.1 Å². The number of para-hydroxylation sites is 3. The van der Waals surface area contributed by atoms with E-state index >= 15 is 0 Å². The number of alkyl halides is 3. The number of halogens is 4. The van der Waals surface area contributed by atoms with Crippen molar-refractivity contribution >= 4 is 50.2 Å². The molecule has 20 N–H and O–H groups in total.